The van der Waals surface area contributed by atoms with Crippen LogP contribution in [0.25, 0.3) is 6.08 Å². The number of likely N-dealkylation sites (N-methyl/N-ethyl adjacent to an activating group) is 1. The van der Waals surface area contributed by atoms with Crippen LogP contribution < -0.4 is 4.74 Å². The third-order valence-electron chi connectivity index (χ3n) is 9.40. The van der Waals surface area contributed by atoms with Crippen molar-refractivity contribution in [3.8, 4) is 11.5 Å². The molecular weight excluding hydrogens is 525 g/mol. The van der Waals surface area contributed by atoms with Gasteiger partial charge in [0.2, 0.25) is 5.91 Å². The topological polar surface area (TPSA) is 93.5 Å². The number of amides is 1. The molecule has 4 aliphatic rings. The Bertz CT molecular complexity index is 1410. The molecule has 10 heteroatoms. The number of hydrogen-bond acceptors (Lipinski definition) is 6. The van der Waals surface area contributed by atoms with E-state index < -0.39 is 46.9 Å². The molecule has 212 valence electrons. The minimum atomic E-state index is -4.50. The number of ether oxygens (including phenoxy) is 1. The first-order valence-corrected chi connectivity index (χ1v) is 13.3. The van der Waals surface area contributed by atoms with E-state index in [1.165, 1.54) is 29.2 Å². The molecule has 1 spiro atoms. The summed E-state index contributed by atoms with van der Waals surface area (Å²) >= 11 is 0. The van der Waals surface area contributed by atoms with E-state index in [1.54, 1.807) is 25.3 Å². The van der Waals surface area contributed by atoms with Gasteiger partial charge in [-0.3, -0.25) is 9.69 Å². The molecule has 2 aromatic rings. The van der Waals surface area contributed by atoms with E-state index in [4.69, 9.17) is 4.74 Å². The van der Waals surface area contributed by atoms with Crippen LogP contribution in [0.5, 0.6) is 11.5 Å². The lowest BCUT2D eigenvalue weighted by Gasteiger charge is -2.66. The maximum absolute atomic E-state index is 13.3. The van der Waals surface area contributed by atoms with Gasteiger partial charge in [-0.2, -0.15) is 13.2 Å². The zero-order valence-electron chi connectivity index (χ0n) is 21.9. The zero-order chi connectivity index (χ0) is 28.6. The molecule has 1 amide bonds. The average Bonchev–Trinajstić information content (AvgIpc) is 3.29. The number of phenols is 1. The van der Waals surface area contributed by atoms with Crippen molar-refractivity contribution >= 4 is 12.0 Å². The minimum absolute atomic E-state index is 0.0961. The Kier molecular flexibility index (Phi) is 6.10. The highest BCUT2D eigenvalue weighted by molar-refractivity contribution is 5.92. The Morgan fingerprint density at radius 1 is 1.30 bits per heavy atom. The third-order valence-corrected chi connectivity index (χ3v) is 9.40. The summed E-state index contributed by atoms with van der Waals surface area (Å²) in [6, 6.07) is 7.14. The molecule has 0 radical (unpaired) electrons. The highest BCUT2D eigenvalue weighted by Gasteiger charge is 2.76. The SMILES string of the molecule is C=CCN1CC(O)[C@]23c4c5ccc(O)c4OC2C(N(C)C(=O)/C=C/c2cccc(C(F)(F)F)c2)CC[C@@]3(O)[C@H]1C5. The molecule has 6 rings (SSSR count). The summed E-state index contributed by atoms with van der Waals surface area (Å²) in [5.74, 6) is -0.330. The second-order valence-electron chi connectivity index (χ2n) is 11.3. The molecule has 2 aliphatic carbocycles. The van der Waals surface area contributed by atoms with Crippen LogP contribution in [0.15, 0.2) is 55.1 Å². The van der Waals surface area contributed by atoms with Gasteiger partial charge in [0.25, 0.3) is 0 Å². The number of alkyl halides is 3. The van der Waals surface area contributed by atoms with E-state index >= 15 is 0 Å². The highest BCUT2D eigenvalue weighted by atomic mass is 19.4. The van der Waals surface area contributed by atoms with Crippen molar-refractivity contribution in [2.75, 3.05) is 20.1 Å². The molecule has 2 aliphatic heterocycles. The number of piperidine rings is 1. The van der Waals surface area contributed by atoms with Crippen molar-refractivity contribution in [3.63, 3.8) is 0 Å². The number of hydrogen-bond donors (Lipinski definition) is 3. The van der Waals surface area contributed by atoms with Crippen LogP contribution in [-0.4, -0.2) is 81.1 Å². The van der Waals surface area contributed by atoms with Crippen molar-refractivity contribution in [2.24, 2.45) is 0 Å². The monoisotopic (exact) mass is 556 g/mol. The number of carbonyl (C=O) groups is 1. The lowest BCUT2D eigenvalue weighted by Crippen LogP contribution is -2.82. The van der Waals surface area contributed by atoms with Crippen LogP contribution in [-0.2, 0) is 22.8 Å². The molecule has 3 unspecified atom stereocenters. The molecular formula is C30H31F3N2O5. The Balaban J connectivity index is 1.37. The van der Waals surface area contributed by atoms with E-state index in [9.17, 15) is 33.3 Å². The summed E-state index contributed by atoms with van der Waals surface area (Å²) in [4.78, 5) is 16.8. The van der Waals surface area contributed by atoms with Gasteiger partial charge in [-0.15, -0.1) is 6.58 Å². The summed E-state index contributed by atoms with van der Waals surface area (Å²) < 4.78 is 45.7. The summed E-state index contributed by atoms with van der Waals surface area (Å²) in [5, 5.41) is 35.0. The molecule has 6 atom stereocenters. The average molecular weight is 557 g/mol. The number of benzene rings is 2. The minimum Gasteiger partial charge on any atom is -0.504 e. The number of carbonyl (C=O) groups excluding carboxylic acids is 1. The molecule has 1 saturated heterocycles. The van der Waals surface area contributed by atoms with Crippen LogP contribution in [0.4, 0.5) is 13.2 Å². The standard InChI is InChI=1S/C30H31F3N2O5/c1-3-13-35-16-23(37)29-25-18-8-9-21(36)26(25)40-27(29)20(11-12-28(29,39)22(35)15-18)34(2)24(38)10-7-17-5-4-6-19(14-17)30(31,32)33/h3-10,14,20,22-23,27,36-37,39H,1,11-13,15-16H2,2H3/b10-7+/t20?,22-,23?,27?,28-,29+/m1/s1. The van der Waals surface area contributed by atoms with Crippen molar-refractivity contribution in [1.82, 2.24) is 9.80 Å². The quantitative estimate of drug-likeness (QED) is 0.387. The number of halogens is 3. The van der Waals surface area contributed by atoms with E-state index in [1.807, 2.05) is 4.90 Å². The van der Waals surface area contributed by atoms with E-state index in [2.05, 4.69) is 6.58 Å². The van der Waals surface area contributed by atoms with Crippen LogP contribution in [0.1, 0.15) is 35.1 Å². The molecule has 2 bridgehead atoms. The number of likely N-dealkylation sites (tertiary alicyclic amines) is 1. The van der Waals surface area contributed by atoms with Gasteiger partial charge in [0.15, 0.2) is 11.5 Å². The molecule has 0 aromatic heterocycles. The first-order chi connectivity index (χ1) is 18.9. The van der Waals surface area contributed by atoms with Crippen LogP contribution in [0.2, 0.25) is 0 Å². The normalized spacial score (nSPS) is 32.5. The molecule has 1 saturated carbocycles. The first-order valence-electron chi connectivity index (χ1n) is 13.3. The Morgan fingerprint density at radius 3 is 2.80 bits per heavy atom. The first kappa shape index (κ1) is 26.9. The van der Waals surface area contributed by atoms with Gasteiger partial charge in [-0.25, -0.2) is 0 Å². The molecule has 2 fully saturated rings. The van der Waals surface area contributed by atoms with Gasteiger partial charge in [-0.05, 0) is 54.7 Å². The molecule has 3 N–H and O–H groups in total. The van der Waals surface area contributed by atoms with Crippen LogP contribution >= 0.6 is 0 Å². The van der Waals surface area contributed by atoms with E-state index in [0.29, 0.717) is 24.9 Å². The lowest BCUT2D eigenvalue weighted by atomic mass is 9.47. The fourth-order valence-corrected chi connectivity index (χ4v) is 7.71. The number of aliphatic hydroxyl groups is 2. The van der Waals surface area contributed by atoms with Gasteiger partial charge >= 0.3 is 6.18 Å². The van der Waals surface area contributed by atoms with Gasteiger partial charge in [-0.1, -0.05) is 24.3 Å². The number of nitrogens with zero attached hydrogens (tertiary/aromatic N) is 2. The predicted molar refractivity (Wildman–Crippen MR) is 141 cm³/mol. The second-order valence-corrected chi connectivity index (χ2v) is 11.3. The van der Waals surface area contributed by atoms with Gasteiger partial charge in [0, 0.05) is 37.8 Å². The van der Waals surface area contributed by atoms with Crippen molar-refractivity contribution < 1.29 is 38.0 Å². The molecule has 7 nitrogen and oxygen atoms in total. The maximum Gasteiger partial charge on any atom is 0.416 e. The van der Waals surface area contributed by atoms with Crippen molar-refractivity contribution in [1.29, 1.82) is 0 Å². The van der Waals surface area contributed by atoms with Crippen molar-refractivity contribution in [2.45, 2.75) is 60.7 Å². The maximum atomic E-state index is 13.3. The number of β-amino-alcohol motifs (C(OH)–C–C–N with tert-alkyl or cyclic N) is 1. The summed E-state index contributed by atoms with van der Waals surface area (Å²) in [6.45, 7) is 4.57. The Hall–Kier alpha value is -3.34. The van der Waals surface area contributed by atoms with E-state index in [-0.39, 0.29) is 36.1 Å². The largest absolute Gasteiger partial charge is 0.504 e. The Morgan fingerprint density at radius 2 is 2.08 bits per heavy atom. The van der Waals surface area contributed by atoms with Crippen LogP contribution in [0.3, 0.4) is 0 Å². The van der Waals surface area contributed by atoms with Crippen molar-refractivity contribution in [3.05, 3.63) is 77.4 Å². The van der Waals surface area contributed by atoms with E-state index in [0.717, 1.165) is 17.7 Å². The molecule has 40 heavy (non-hydrogen) atoms. The number of aliphatic hydroxyl groups excluding tert-OH is 1. The lowest BCUT2D eigenvalue weighted by molar-refractivity contribution is -0.234. The highest BCUT2D eigenvalue weighted by Crippen LogP contribution is 2.65. The van der Waals surface area contributed by atoms with Crippen LogP contribution in [0, 0.1) is 0 Å². The molecule has 2 aromatic carbocycles. The third kappa shape index (κ3) is 3.59. The summed E-state index contributed by atoms with van der Waals surface area (Å²) in [7, 11) is 1.58. The zero-order valence-corrected chi connectivity index (χ0v) is 21.9. The summed E-state index contributed by atoms with van der Waals surface area (Å²) in [6.07, 6.45) is -0.985. The van der Waals surface area contributed by atoms with Gasteiger partial charge < -0.3 is 25.0 Å². The number of phenolic OH excluding ortho intramolecular Hbond substituents is 1. The Labute approximate surface area is 229 Å². The number of rotatable bonds is 5. The predicted octanol–water partition coefficient (Wildman–Crippen LogP) is 3.26. The second kappa shape index (κ2) is 9.09. The summed E-state index contributed by atoms with van der Waals surface area (Å²) in [5.41, 5.74) is -1.77. The number of aromatic hydroxyl groups is 1. The van der Waals surface area contributed by atoms with Gasteiger partial charge in [0.1, 0.15) is 6.10 Å². The fraction of sp³-hybridized carbons (Fsp3) is 0.433. The fourth-order valence-electron chi connectivity index (χ4n) is 7.71. The smallest absolute Gasteiger partial charge is 0.416 e. The molecule has 2 heterocycles. The van der Waals surface area contributed by atoms with Gasteiger partial charge in [0.05, 0.1) is 28.7 Å².